The number of nitrogens with one attached hydrogen (secondary N) is 1. The van der Waals surface area contributed by atoms with Crippen LogP contribution in [0, 0.1) is 0 Å². The van der Waals surface area contributed by atoms with Crippen LogP contribution >= 0.6 is 0 Å². The molecule has 0 aliphatic carbocycles. The van der Waals surface area contributed by atoms with Gasteiger partial charge >= 0.3 is 0 Å². The van der Waals surface area contributed by atoms with E-state index in [9.17, 15) is 8.42 Å². The molecule has 0 radical (unpaired) electrons. The van der Waals surface area contributed by atoms with E-state index in [-0.39, 0.29) is 23.6 Å². The van der Waals surface area contributed by atoms with Gasteiger partial charge in [-0.3, -0.25) is 0 Å². The Morgan fingerprint density at radius 2 is 1.96 bits per heavy atom. The van der Waals surface area contributed by atoms with Gasteiger partial charge in [-0.25, -0.2) is 13.4 Å². The Hall–Kier alpha value is -1.45. The molecule has 0 amide bonds. The van der Waals surface area contributed by atoms with Gasteiger partial charge in [0.05, 0.1) is 17.5 Å². The topological polar surface area (TPSA) is 81.7 Å². The van der Waals surface area contributed by atoms with E-state index in [1.807, 2.05) is 6.07 Å². The molecule has 4 rings (SSSR count). The molecular weight excluding hydrogens is 328 g/mol. The second kappa shape index (κ2) is 6.12. The highest BCUT2D eigenvalue weighted by atomic mass is 32.2. The monoisotopic (exact) mass is 352 g/mol. The van der Waals surface area contributed by atoms with Gasteiger partial charge in [-0.1, -0.05) is 0 Å². The quantitative estimate of drug-likeness (QED) is 0.711. The summed E-state index contributed by atoms with van der Waals surface area (Å²) in [6.45, 7) is 5.40. The van der Waals surface area contributed by atoms with Crippen molar-refractivity contribution in [3.8, 4) is 0 Å². The minimum absolute atomic E-state index is 0.00537. The molecule has 2 atom stereocenters. The van der Waals surface area contributed by atoms with Crippen LogP contribution in [0.15, 0.2) is 12.3 Å². The number of likely N-dealkylation sites (N-methyl/N-ethyl adjacent to an activating group) is 1. The molecule has 3 aliphatic heterocycles. The fourth-order valence-electron chi connectivity index (χ4n) is 3.81. The normalized spacial score (nSPS) is 30.4. The molecule has 0 aromatic carbocycles. The Kier molecular flexibility index (Phi) is 4.09. The van der Waals surface area contributed by atoms with Crippen molar-refractivity contribution < 1.29 is 8.42 Å². The predicted molar refractivity (Wildman–Crippen MR) is 93.3 cm³/mol. The Bertz CT molecular complexity index is 704. The first-order chi connectivity index (χ1) is 11.5. The molecule has 0 unspecified atom stereocenters. The van der Waals surface area contributed by atoms with Crippen molar-refractivity contribution in [3.63, 3.8) is 0 Å². The third kappa shape index (κ3) is 3.07. The maximum Gasteiger partial charge on any atom is 0.227 e. The Balaban J connectivity index is 1.57. The number of piperazine rings is 2. The summed E-state index contributed by atoms with van der Waals surface area (Å²) in [5.74, 6) is 2.02. The first kappa shape index (κ1) is 16.0. The molecule has 9 heteroatoms. The number of hydrogen-bond acceptors (Lipinski definition) is 8. The maximum atomic E-state index is 12.0. The molecule has 3 saturated heterocycles. The van der Waals surface area contributed by atoms with Crippen molar-refractivity contribution in [2.24, 2.45) is 0 Å². The lowest BCUT2D eigenvalue weighted by atomic mass is 10.1. The van der Waals surface area contributed by atoms with Gasteiger partial charge in [-0.15, -0.1) is 0 Å². The molecule has 0 bridgehead atoms. The van der Waals surface area contributed by atoms with Gasteiger partial charge in [0, 0.05) is 51.5 Å². The van der Waals surface area contributed by atoms with Gasteiger partial charge in [0.1, 0.15) is 5.82 Å². The van der Waals surface area contributed by atoms with E-state index >= 15 is 0 Å². The summed E-state index contributed by atoms with van der Waals surface area (Å²) in [5.41, 5.74) is 0. The van der Waals surface area contributed by atoms with Crippen molar-refractivity contribution in [2.75, 3.05) is 67.6 Å². The Morgan fingerprint density at radius 1 is 1.17 bits per heavy atom. The molecule has 1 N–H and O–H groups in total. The highest BCUT2D eigenvalue weighted by molar-refractivity contribution is 7.91. The van der Waals surface area contributed by atoms with E-state index in [4.69, 9.17) is 4.98 Å². The number of hydrogen-bond donors (Lipinski definition) is 1. The average Bonchev–Trinajstić information content (AvgIpc) is 2.89. The smallest absolute Gasteiger partial charge is 0.227 e. The largest absolute Gasteiger partial charge is 0.350 e. The van der Waals surface area contributed by atoms with Crippen LogP contribution in [0.25, 0.3) is 0 Å². The molecule has 24 heavy (non-hydrogen) atoms. The Morgan fingerprint density at radius 3 is 2.75 bits per heavy atom. The number of sulfone groups is 1. The van der Waals surface area contributed by atoms with Gasteiger partial charge in [0.25, 0.3) is 0 Å². The summed E-state index contributed by atoms with van der Waals surface area (Å²) in [4.78, 5) is 15.8. The van der Waals surface area contributed by atoms with E-state index in [2.05, 4.69) is 32.0 Å². The van der Waals surface area contributed by atoms with Crippen LogP contribution in [0.2, 0.25) is 0 Å². The molecule has 1 aromatic rings. The molecule has 132 valence electrons. The van der Waals surface area contributed by atoms with Crippen molar-refractivity contribution in [3.05, 3.63) is 12.3 Å². The third-order valence-electron chi connectivity index (χ3n) is 5.19. The SMILES string of the molecule is CN1CCN(c2nccc(N3CCN[C@H]4CS(=O)(=O)C[C@H]43)n2)CC1. The standard InChI is InChI=1S/C15H24N6O2S/c1-19-6-8-20(9-7-19)15-17-3-2-14(18-15)21-5-4-16-12-10-24(22,23)11-13(12)21/h2-3,12-13,16H,4-11H2,1H3/t12-,13+/m0/s1. The molecule has 8 nitrogen and oxygen atoms in total. The highest BCUT2D eigenvalue weighted by Gasteiger charge is 2.43. The second-order valence-corrected chi connectivity index (χ2v) is 9.06. The molecule has 0 spiro atoms. The van der Waals surface area contributed by atoms with E-state index in [1.54, 1.807) is 6.20 Å². The number of fused-ring (bicyclic) bond motifs is 1. The molecular formula is C15H24N6O2S. The van der Waals surface area contributed by atoms with Crippen LogP contribution < -0.4 is 15.1 Å². The zero-order valence-electron chi connectivity index (χ0n) is 13.9. The first-order valence-corrected chi connectivity index (χ1v) is 10.3. The minimum atomic E-state index is -2.97. The van der Waals surface area contributed by atoms with Crippen molar-refractivity contribution in [2.45, 2.75) is 12.1 Å². The fourth-order valence-corrected chi connectivity index (χ4v) is 5.77. The van der Waals surface area contributed by atoms with Gasteiger partial charge < -0.3 is 20.0 Å². The summed E-state index contributed by atoms with van der Waals surface area (Å²) in [5, 5.41) is 3.34. The van der Waals surface area contributed by atoms with Gasteiger partial charge in [0.2, 0.25) is 5.95 Å². The minimum Gasteiger partial charge on any atom is -0.350 e. The number of anilines is 2. The summed E-state index contributed by atoms with van der Waals surface area (Å²) in [6, 6.07) is 1.87. The number of rotatable bonds is 2. The number of nitrogens with zero attached hydrogens (tertiary/aromatic N) is 5. The molecule has 0 saturated carbocycles. The van der Waals surface area contributed by atoms with Crippen LogP contribution in [0.4, 0.5) is 11.8 Å². The number of aromatic nitrogens is 2. The lowest BCUT2D eigenvalue weighted by Crippen LogP contribution is -2.57. The van der Waals surface area contributed by atoms with E-state index in [0.29, 0.717) is 0 Å². The zero-order valence-corrected chi connectivity index (χ0v) is 14.7. The van der Waals surface area contributed by atoms with Gasteiger partial charge in [0.15, 0.2) is 9.84 Å². The van der Waals surface area contributed by atoms with Gasteiger partial charge in [-0.05, 0) is 13.1 Å². The van der Waals surface area contributed by atoms with Crippen LogP contribution in [-0.2, 0) is 9.84 Å². The fraction of sp³-hybridized carbons (Fsp3) is 0.733. The second-order valence-electron chi connectivity index (χ2n) is 6.90. The Labute approximate surface area is 142 Å². The average molecular weight is 352 g/mol. The molecule has 1 aromatic heterocycles. The summed E-state index contributed by atoms with van der Waals surface area (Å²) >= 11 is 0. The van der Waals surface area contributed by atoms with Crippen molar-refractivity contribution in [1.29, 1.82) is 0 Å². The summed E-state index contributed by atoms with van der Waals surface area (Å²) < 4.78 is 24.0. The van der Waals surface area contributed by atoms with Crippen LogP contribution in [0.5, 0.6) is 0 Å². The molecule has 3 aliphatic rings. The van der Waals surface area contributed by atoms with Crippen LogP contribution in [0.1, 0.15) is 0 Å². The molecule has 4 heterocycles. The third-order valence-corrected chi connectivity index (χ3v) is 6.91. The summed E-state index contributed by atoms with van der Waals surface area (Å²) in [7, 11) is -0.849. The predicted octanol–water partition coefficient (Wildman–Crippen LogP) is -1.20. The summed E-state index contributed by atoms with van der Waals surface area (Å²) in [6.07, 6.45) is 1.79. The lowest BCUT2D eigenvalue weighted by molar-refractivity contribution is 0.311. The lowest BCUT2D eigenvalue weighted by Gasteiger charge is -2.38. The first-order valence-electron chi connectivity index (χ1n) is 8.49. The zero-order chi connectivity index (χ0) is 16.7. The maximum absolute atomic E-state index is 12.0. The van der Waals surface area contributed by atoms with Crippen LogP contribution in [-0.4, -0.2) is 93.2 Å². The van der Waals surface area contributed by atoms with E-state index in [1.165, 1.54) is 0 Å². The van der Waals surface area contributed by atoms with Crippen molar-refractivity contribution in [1.82, 2.24) is 20.2 Å². The molecule has 3 fully saturated rings. The highest BCUT2D eigenvalue weighted by Crippen LogP contribution is 2.26. The van der Waals surface area contributed by atoms with Crippen molar-refractivity contribution >= 4 is 21.6 Å². The van der Waals surface area contributed by atoms with Gasteiger partial charge in [-0.2, -0.15) is 4.98 Å². The van der Waals surface area contributed by atoms with E-state index in [0.717, 1.165) is 51.0 Å². The van der Waals surface area contributed by atoms with Crippen LogP contribution in [0.3, 0.4) is 0 Å². The van der Waals surface area contributed by atoms with E-state index < -0.39 is 9.84 Å².